The van der Waals surface area contributed by atoms with Gasteiger partial charge in [-0.25, -0.2) is 9.97 Å². The molecule has 4 nitrogen and oxygen atoms in total. The van der Waals surface area contributed by atoms with Gasteiger partial charge in [0.05, 0.1) is 12.1 Å². The van der Waals surface area contributed by atoms with Gasteiger partial charge in [-0.2, -0.15) is 0 Å². The lowest BCUT2D eigenvalue weighted by molar-refractivity contribution is 0.210. The molecule has 1 aromatic carbocycles. The molecule has 0 fully saturated rings. The number of halogens is 1. The molecule has 0 radical (unpaired) electrons. The van der Waals surface area contributed by atoms with E-state index in [2.05, 4.69) is 31.2 Å². The zero-order chi connectivity index (χ0) is 11.4. The Morgan fingerprint density at radius 2 is 2.25 bits per heavy atom. The van der Waals surface area contributed by atoms with Gasteiger partial charge in [-0.3, -0.25) is 0 Å². The molecule has 0 aliphatic heterocycles. The number of nitrogens with one attached hydrogen (secondary N) is 1. The zero-order valence-electron chi connectivity index (χ0n) is 8.90. The number of methoxy groups -OCH3 is 1. The maximum Gasteiger partial charge on any atom is 0.137 e. The fourth-order valence-corrected chi connectivity index (χ4v) is 1.80. The van der Waals surface area contributed by atoms with Crippen LogP contribution in [0.3, 0.4) is 0 Å². The number of hydrogen-bond donors (Lipinski definition) is 1. The highest BCUT2D eigenvalue weighted by Gasteiger charge is 2.03. The molecule has 0 saturated carbocycles. The normalized spacial score (nSPS) is 10.6. The van der Waals surface area contributed by atoms with Crippen molar-refractivity contribution in [3.63, 3.8) is 0 Å². The predicted octanol–water partition coefficient (Wildman–Crippen LogP) is 2.45. The highest BCUT2D eigenvalue weighted by molar-refractivity contribution is 9.10. The average Bonchev–Trinajstić information content (AvgIpc) is 2.30. The first-order valence-electron chi connectivity index (χ1n) is 4.94. The number of benzene rings is 1. The molecule has 1 N–H and O–H groups in total. The van der Waals surface area contributed by atoms with E-state index in [1.165, 1.54) is 0 Å². The van der Waals surface area contributed by atoms with E-state index in [1.807, 2.05) is 18.2 Å². The fraction of sp³-hybridized carbons (Fsp3) is 0.273. The molecule has 2 rings (SSSR count). The molecule has 5 heteroatoms. The first-order chi connectivity index (χ1) is 7.81. The maximum atomic E-state index is 4.98. The van der Waals surface area contributed by atoms with Gasteiger partial charge in [0.1, 0.15) is 12.1 Å². The van der Waals surface area contributed by atoms with Crippen molar-refractivity contribution in [2.24, 2.45) is 0 Å². The summed E-state index contributed by atoms with van der Waals surface area (Å²) in [7, 11) is 1.68. The van der Waals surface area contributed by atoms with Gasteiger partial charge >= 0.3 is 0 Å². The summed E-state index contributed by atoms with van der Waals surface area (Å²) < 4.78 is 6.00. The minimum atomic E-state index is 0.652. The van der Waals surface area contributed by atoms with Crippen LogP contribution in [0.1, 0.15) is 0 Å². The third-order valence-corrected chi connectivity index (χ3v) is 2.69. The Morgan fingerprint density at radius 1 is 1.38 bits per heavy atom. The largest absolute Gasteiger partial charge is 0.383 e. The van der Waals surface area contributed by atoms with Gasteiger partial charge < -0.3 is 10.1 Å². The Hall–Kier alpha value is -1.20. The molecule has 0 saturated heterocycles. The van der Waals surface area contributed by atoms with E-state index in [4.69, 9.17) is 4.74 Å². The van der Waals surface area contributed by atoms with E-state index < -0.39 is 0 Å². The summed E-state index contributed by atoms with van der Waals surface area (Å²) >= 11 is 3.44. The molecule has 0 amide bonds. The molecule has 0 unspecified atom stereocenters. The zero-order valence-corrected chi connectivity index (χ0v) is 10.5. The molecule has 0 spiro atoms. The van der Waals surface area contributed by atoms with Gasteiger partial charge in [0.15, 0.2) is 0 Å². The first kappa shape index (κ1) is 11.3. The van der Waals surface area contributed by atoms with Crippen LogP contribution in [-0.4, -0.2) is 30.2 Å². The second-order valence-corrected chi connectivity index (χ2v) is 4.22. The van der Waals surface area contributed by atoms with E-state index in [1.54, 1.807) is 13.4 Å². The standard InChI is InChI=1S/C11H12BrN3O/c1-16-5-4-13-11-9-6-8(12)2-3-10(9)14-7-15-11/h2-3,6-7H,4-5H2,1H3,(H,13,14,15). The number of rotatable bonds is 4. The second-order valence-electron chi connectivity index (χ2n) is 3.30. The van der Waals surface area contributed by atoms with Crippen molar-refractivity contribution in [2.75, 3.05) is 25.6 Å². The highest BCUT2D eigenvalue weighted by atomic mass is 79.9. The Bertz CT molecular complexity index is 490. The van der Waals surface area contributed by atoms with E-state index in [0.717, 1.165) is 27.7 Å². The lowest BCUT2D eigenvalue weighted by Gasteiger charge is -2.07. The van der Waals surface area contributed by atoms with Crippen LogP contribution < -0.4 is 5.32 Å². The highest BCUT2D eigenvalue weighted by Crippen LogP contribution is 2.22. The van der Waals surface area contributed by atoms with E-state index in [0.29, 0.717) is 6.61 Å². The van der Waals surface area contributed by atoms with Crippen LogP contribution >= 0.6 is 15.9 Å². The van der Waals surface area contributed by atoms with E-state index in [-0.39, 0.29) is 0 Å². The third kappa shape index (κ3) is 2.48. The molecule has 0 aliphatic rings. The monoisotopic (exact) mass is 281 g/mol. The summed E-state index contributed by atoms with van der Waals surface area (Å²) in [6, 6.07) is 5.93. The van der Waals surface area contributed by atoms with Gasteiger partial charge in [-0.1, -0.05) is 15.9 Å². The Kier molecular flexibility index (Phi) is 3.69. The molecule has 84 valence electrons. The lowest BCUT2D eigenvalue weighted by atomic mass is 10.2. The van der Waals surface area contributed by atoms with Crippen LogP contribution in [-0.2, 0) is 4.74 Å². The van der Waals surface area contributed by atoms with Crippen LogP contribution in [0.15, 0.2) is 29.0 Å². The van der Waals surface area contributed by atoms with Gasteiger partial charge in [-0.05, 0) is 18.2 Å². The summed E-state index contributed by atoms with van der Waals surface area (Å²) in [6.07, 6.45) is 1.56. The summed E-state index contributed by atoms with van der Waals surface area (Å²) in [5.41, 5.74) is 0.929. The SMILES string of the molecule is COCCNc1ncnc2ccc(Br)cc12. The molecule has 0 atom stereocenters. The van der Waals surface area contributed by atoms with Crippen molar-refractivity contribution in [3.05, 3.63) is 29.0 Å². The second kappa shape index (κ2) is 5.23. The molecule has 0 aliphatic carbocycles. The summed E-state index contributed by atoms with van der Waals surface area (Å²) in [4.78, 5) is 8.43. The third-order valence-electron chi connectivity index (χ3n) is 2.20. The predicted molar refractivity (Wildman–Crippen MR) is 67.6 cm³/mol. The number of nitrogens with zero attached hydrogens (tertiary/aromatic N) is 2. The molecule has 2 aromatic rings. The fourth-order valence-electron chi connectivity index (χ4n) is 1.44. The topological polar surface area (TPSA) is 47.0 Å². The molecule has 0 bridgehead atoms. The minimum Gasteiger partial charge on any atom is -0.383 e. The van der Waals surface area contributed by atoms with E-state index in [9.17, 15) is 0 Å². The van der Waals surface area contributed by atoms with Crippen molar-refractivity contribution in [3.8, 4) is 0 Å². The number of ether oxygens (including phenoxy) is 1. The summed E-state index contributed by atoms with van der Waals surface area (Å²) in [6.45, 7) is 1.38. The number of anilines is 1. The minimum absolute atomic E-state index is 0.652. The molecule has 1 aromatic heterocycles. The van der Waals surface area contributed by atoms with Crippen molar-refractivity contribution in [2.45, 2.75) is 0 Å². The van der Waals surface area contributed by atoms with Crippen molar-refractivity contribution in [1.29, 1.82) is 0 Å². The smallest absolute Gasteiger partial charge is 0.137 e. The van der Waals surface area contributed by atoms with Crippen LogP contribution in [0.4, 0.5) is 5.82 Å². The van der Waals surface area contributed by atoms with Crippen LogP contribution in [0.2, 0.25) is 0 Å². The van der Waals surface area contributed by atoms with Gasteiger partial charge in [0.2, 0.25) is 0 Å². The Morgan fingerprint density at radius 3 is 3.06 bits per heavy atom. The van der Waals surface area contributed by atoms with Gasteiger partial charge in [0.25, 0.3) is 0 Å². The molecule has 16 heavy (non-hydrogen) atoms. The van der Waals surface area contributed by atoms with Crippen molar-refractivity contribution in [1.82, 2.24) is 9.97 Å². The number of hydrogen-bond acceptors (Lipinski definition) is 4. The van der Waals surface area contributed by atoms with Gasteiger partial charge in [0, 0.05) is 23.5 Å². The first-order valence-corrected chi connectivity index (χ1v) is 5.73. The number of fused-ring (bicyclic) bond motifs is 1. The molecular weight excluding hydrogens is 270 g/mol. The Balaban J connectivity index is 2.32. The lowest BCUT2D eigenvalue weighted by Crippen LogP contribution is -2.09. The van der Waals surface area contributed by atoms with Crippen molar-refractivity contribution >= 4 is 32.7 Å². The molecule has 1 heterocycles. The number of aromatic nitrogens is 2. The van der Waals surface area contributed by atoms with Crippen LogP contribution in [0.25, 0.3) is 10.9 Å². The summed E-state index contributed by atoms with van der Waals surface area (Å²) in [5.74, 6) is 0.836. The Labute approximate surface area is 102 Å². The summed E-state index contributed by atoms with van der Waals surface area (Å²) in [5, 5.41) is 4.23. The average molecular weight is 282 g/mol. The van der Waals surface area contributed by atoms with E-state index >= 15 is 0 Å². The van der Waals surface area contributed by atoms with Gasteiger partial charge in [-0.15, -0.1) is 0 Å². The quantitative estimate of drug-likeness (QED) is 0.875. The van der Waals surface area contributed by atoms with Crippen molar-refractivity contribution < 1.29 is 4.74 Å². The maximum absolute atomic E-state index is 4.98. The van der Waals surface area contributed by atoms with Crippen LogP contribution in [0.5, 0.6) is 0 Å². The van der Waals surface area contributed by atoms with Crippen LogP contribution in [0, 0.1) is 0 Å². The molecular formula is C11H12BrN3O.